The number of ether oxygens (including phenoxy) is 2. The fourth-order valence-electron chi connectivity index (χ4n) is 10.7. The first-order chi connectivity index (χ1) is 39.3. The van der Waals surface area contributed by atoms with Crippen LogP contribution in [0.25, 0.3) is 29.2 Å². The van der Waals surface area contributed by atoms with Crippen molar-refractivity contribution in [3.8, 4) is 0 Å². The van der Waals surface area contributed by atoms with Crippen LogP contribution >= 0.6 is 0 Å². The van der Waals surface area contributed by atoms with E-state index < -0.39 is 49.7 Å². The van der Waals surface area contributed by atoms with Crippen LogP contribution in [0.3, 0.4) is 0 Å². The average Bonchev–Trinajstić information content (AvgIpc) is 4.13. The first kappa shape index (κ1) is 90.0. The summed E-state index contributed by atoms with van der Waals surface area (Å²) >= 11 is 0. The van der Waals surface area contributed by atoms with Crippen molar-refractivity contribution in [2.24, 2.45) is 0 Å². The van der Waals surface area contributed by atoms with E-state index in [1.165, 1.54) is 92.9 Å². The van der Waals surface area contributed by atoms with Crippen LogP contribution in [-0.4, -0.2) is 76.2 Å². The van der Waals surface area contributed by atoms with Gasteiger partial charge in [0.15, 0.2) is 0 Å². The Balaban J connectivity index is 0. The van der Waals surface area contributed by atoms with Crippen molar-refractivity contribution < 1.29 is 90.3 Å². The van der Waals surface area contributed by atoms with Crippen LogP contribution in [0.4, 0.5) is 22.7 Å². The van der Waals surface area contributed by atoms with Crippen molar-refractivity contribution in [3.05, 3.63) is 147 Å². The molecule has 2 saturated heterocycles. The minimum Gasteiger partial charge on any atom is -0.699 e. The molecule has 0 spiro atoms. The average molecular weight is 1580 g/mol. The molecule has 2 heterocycles. The molecule has 2 aliphatic rings. The molecule has 6 rings (SSSR count). The largest absolute Gasteiger partial charge is 3.00 e. The standard InChI is InChI=1S/2C26H40N2Si.2C6H18NSi2.2C4H8O.2Sm/c2*1-17(2)21-13-11-14-22(18(3)4)25(21)27-29(9,10)28-26-23(19(5)6)15-12-16-24(26)20(7)8;2*1-8(2,3)7-9(4,5)6;2*1-2-4-5-3-1;;/h2*11-20H,1-10H3;2*1-6H3;2*1-4H2;;/q2*-2;2*-1;;;2*+3. The Bertz CT molecular complexity index is 2100. The molecule has 0 atom stereocenters. The van der Waals surface area contributed by atoms with E-state index in [1.54, 1.807) is 0 Å². The molecule has 498 valence electrons. The van der Waals surface area contributed by atoms with Crippen LogP contribution in [-0.2, 0) is 9.47 Å². The van der Waals surface area contributed by atoms with Crippen molar-refractivity contribution in [2.75, 3.05) is 26.4 Å². The van der Waals surface area contributed by atoms with Gasteiger partial charge in [0.2, 0.25) is 0 Å². The zero-order valence-electron chi connectivity index (χ0n) is 62.5. The molecule has 0 aromatic heterocycles. The van der Waals surface area contributed by atoms with Gasteiger partial charge in [-0.15, -0.1) is 65.7 Å². The van der Waals surface area contributed by atoms with Crippen molar-refractivity contribution >= 4 is 72.5 Å². The van der Waals surface area contributed by atoms with Gasteiger partial charge in [0, 0.05) is 26.4 Å². The fraction of sp³-hybridized carbons (Fsp3) is 0.667. The number of hydrogen-bond acceptors (Lipinski definition) is 2. The van der Waals surface area contributed by atoms with Crippen LogP contribution in [0.1, 0.15) is 228 Å². The molecule has 88 heavy (non-hydrogen) atoms. The van der Waals surface area contributed by atoms with E-state index in [0.717, 1.165) is 26.4 Å². The molecule has 0 aliphatic carbocycles. The number of hydrogen-bond donors (Lipinski definition) is 0. The minimum absolute atomic E-state index is 0. The van der Waals surface area contributed by atoms with E-state index in [4.69, 9.17) is 38.7 Å². The first-order valence-corrected chi connectivity index (χ1v) is 52.9. The fourth-order valence-corrected chi connectivity index (χ4v) is 30.2. The SMILES string of the molecule is C1CCOC1.C1CCOC1.CC(C)c1cccc(C(C)C)c1[N-][Si](C)(C)[N-]c1c(C(C)C)cccc1C(C)C.CC(C)c1cccc(C(C)C)c1[N-][Si](C)(C)[N-]c1c(C(C)C)cccc1C(C)C.C[Si](C)(C)[N-][Si](C)(C)C.C[Si](C)(C)[N-][Si](C)(C)C.[Sm+3].[Sm+3]. The van der Waals surface area contributed by atoms with Gasteiger partial charge in [0.1, 0.15) is 0 Å². The van der Waals surface area contributed by atoms with Gasteiger partial charge in [-0.05, 0) is 73.0 Å². The Kier molecular flexibility index (Phi) is 42.7. The minimum atomic E-state index is -2.24. The maximum Gasteiger partial charge on any atom is 3.00 e. The first-order valence-electron chi connectivity index (χ1n) is 33.4. The van der Waals surface area contributed by atoms with Crippen molar-refractivity contribution in [1.82, 2.24) is 0 Å². The number of rotatable bonds is 20. The molecule has 0 amide bonds. The quantitative estimate of drug-likeness (QED) is 0.0823. The topological polar surface area (TPSA) is 103 Å². The summed E-state index contributed by atoms with van der Waals surface area (Å²) in [6.07, 6.45) is 5.11. The van der Waals surface area contributed by atoms with Crippen molar-refractivity contribution in [2.45, 2.75) is 289 Å². The Hall–Kier alpha value is -0.103. The van der Waals surface area contributed by atoms with Gasteiger partial charge in [-0.3, -0.25) is 0 Å². The molecular formula is C72H132N6O2Si6Sm2. The van der Waals surface area contributed by atoms with Crippen LogP contribution in [0, 0.1) is 80.8 Å². The van der Waals surface area contributed by atoms with E-state index in [9.17, 15) is 0 Å². The Morgan fingerprint density at radius 3 is 0.477 bits per heavy atom. The Labute approximate surface area is 617 Å². The zero-order valence-corrected chi connectivity index (χ0v) is 73.8. The van der Waals surface area contributed by atoms with Gasteiger partial charge in [-0.2, -0.15) is 0 Å². The van der Waals surface area contributed by atoms with Gasteiger partial charge < -0.3 is 38.7 Å². The third-order valence-electron chi connectivity index (χ3n) is 13.9. The maximum atomic E-state index is 5.40. The van der Waals surface area contributed by atoms with Gasteiger partial charge in [-0.25, -0.2) is 0 Å². The molecule has 0 bridgehead atoms. The molecule has 4 aromatic rings. The summed E-state index contributed by atoms with van der Waals surface area (Å²) in [6, 6.07) is 26.6. The third kappa shape index (κ3) is 36.7. The van der Waals surface area contributed by atoms with E-state index in [-0.39, 0.29) is 80.8 Å². The molecule has 0 saturated carbocycles. The molecule has 4 aromatic carbocycles. The second-order valence-corrected chi connectivity index (χ2v) is 57.4. The molecule has 0 unspecified atom stereocenters. The van der Waals surface area contributed by atoms with Gasteiger partial charge >= 0.3 is 80.8 Å². The summed E-state index contributed by atoms with van der Waals surface area (Å²) in [4.78, 5) is 21.6. The third-order valence-corrected chi connectivity index (χ3v) is 27.7. The maximum absolute atomic E-state index is 5.40. The summed E-state index contributed by atoms with van der Waals surface area (Å²) in [7, 11) is -8.91. The summed E-state index contributed by atoms with van der Waals surface area (Å²) in [5.41, 5.74) is 15.5. The molecular weight excluding hydrogens is 1450 g/mol. The molecule has 2 aliphatic heterocycles. The molecule has 0 N–H and O–H groups in total. The van der Waals surface area contributed by atoms with Gasteiger partial charge in [-0.1, -0.05) is 340 Å². The predicted octanol–water partition coefficient (Wildman–Crippen LogP) is 26.8. The Morgan fingerprint density at radius 1 is 0.261 bits per heavy atom. The van der Waals surface area contributed by atoms with Gasteiger partial charge in [0.25, 0.3) is 0 Å². The smallest absolute Gasteiger partial charge is 0.699 e. The number of benzene rings is 4. The predicted molar refractivity (Wildman–Crippen MR) is 406 cm³/mol. The van der Waals surface area contributed by atoms with Crippen LogP contribution in [0.2, 0.25) is 105 Å². The van der Waals surface area contributed by atoms with E-state index >= 15 is 0 Å². The van der Waals surface area contributed by atoms with Crippen molar-refractivity contribution in [1.29, 1.82) is 0 Å². The molecule has 8 nitrogen and oxygen atoms in total. The normalized spacial score (nSPS) is 13.7. The van der Waals surface area contributed by atoms with Gasteiger partial charge in [0.05, 0.1) is 0 Å². The van der Waals surface area contributed by atoms with Crippen LogP contribution < -0.4 is 0 Å². The number of nitrogens with zero attached hydrogens (tertiary/aromatic N) is 6. The van der Waals surface area contributed by atoms with Crippen LogP contribution in [0.5, 0.6) is 0 Å². The molecule has 2 fully saturated rings. The summed E-state index contributed by atoms with van der Waals surface area (Å²) in [6.45, 7) is 76.8. The summed E-state index contributed by atoms with van der Waals surface area (Å²) in [5, 5.41) is 0. The molecule has 2 radical (unpaired) electrons. The van der Waals surface area contributed by atoms with Crippen LogP contribution in [0.15, 0.2) is 72.8 Å². The Morgan fingerprint density at radius 2 is 0.398 bits per heavy atom. The second kappa shape index (κ2) is 41.8. The molecule has 16 heteroatoms. The summed E-state index contributed by atoms with van der Waals surface area (Å²) in [5.74, 6) is 3.60. The summed E-state index contributed by atoms with van der Waals surface area (Å²) < 4.78 is 19.5. The van der Waals surface area contributed by atoms with E-state index in [1.807, 2.05) is 0 Å². The van der Waals surface area contributed by atoms with E-state index in [0.29, 0.717) is 47.3 Å². The second-order valence-electron chi connectivity index (χ2n) is 31.4. The van der Waals surface area contributed by atoms with E-state index in [2.05, 4.69) is 288 Å². The zero-order chi connectivity index (χ0) is 66.3. The monoisotopic (exact) mass is 1580 g/mol. The van der Waals surface area contributed by atoms with Crippen molar-refractivity contribution in [3.63, 3.8) is 0 Å².